The van der Waals surface area contributed by atoms with Crippen LogP contribution in [0.1, 0.15) is 28.0 Å². The molecule has 1 amide bonds. The number of rotatable bonds is 6. The highest BCUT2D eigenvalue weighted by Gasteiger charge is 2.30. The van der Waals surface area contributed by atoms with Crippen molar-refractivity contribution >= 4 is 32.4 Å². The van der Waals surface area contributed by atoms with Crippen LogP contribution in [0.25, 0.3) is 0 Å². The summed E-state index contributed by atoms with van der Waals surface area (Å²) >= 11 is 1.27. The lowest BCUT2D eigenvalue weighted by molar-refractivity contribution is 0.0996. The zero-order chi connectivity index (χ0) is 20.4. The number of fused-ring (bicyclic) bond motifs is 1. The van der Waals surface area contributed by atoms with Gasteiger partial charge in [-0.2, -0.15) is 4.31 Å². The summed E-state index contributed by atoms with van der Waals surface area (Å²) in [5, 5.41) is 3.13. The molecule has 3 aromatic rings. The van der Waals surface area contributed by atoms with Gasteiger partial charge in [0.25, 0.3) is 5.91 Å². The number of ether oxygens (including phenoxy) is 1. The Morgan fingerprint density at radius 1 is 1.31 bits per heavy atom. The molecule has 8 nitrogen and oxygen atoms in total. The first-order valence-electron chi connectivity index (χ1n) is 9.04. The molecule has 4 rings (SSSR count). The molecular formula is C19H19N3O5S2. The Morgan fingerprint density at radius 2 is 2.10 bits per heavy atom. The number of hydrogen-bond donors (Lipinski definition) is 1. The van der Waals surface area contributed by atoms with Gasteiger partial charge in [-0.05, 0) is 43.3 Å². The molecule has 0 radical (unpaired) electrons. The summed E-state index contributed by atoms with van der Waals surface area (Å²) in [5.41, 5.74) is 0.808. The minimum absolute atomic E-state index is 0.192. The lowest BCUT2D eigenvalue weighted by Crippen LogP contribution is -2.35. The monoisotopic (exact) mass is 433 g/mol. The second kappa shape index (κ2) is 7.97. The van der Waals surface area contributed by atoms with Crippen molar-refractivity contribution in [1.29, 1.82) is 0 Å². The lowest BCUT2D eigenvalue weighted by Gasteiger charge is -2.25. The highest BCUT2D eigenvalue weighted by molar-refractivity contribution is 7.89. The van der Waals surface area contributed by atoms with E-state index in [1.807, 2.05) is 6.92 Å². The van der Waals surface area contributed by atoms with Crippen molar-refractivity contribution in [3.8, 4) is 5.75 Å². The highest BCUT2D eigenvalue weighted by atomic mass is 32.2. The topological polar surface area (TPSA) is 102 Å². The second-order valence-electron chi connectivity index (χ2n) is 6.31. The predicted octanol–water partition coefficient (Wildman–Crippen LogP) is 3.13. The van der Waals surface area contributed by atoms with Crippen LogP contribution in [0.15, 0.2) is 52.0 Å². The molecule has 0 saturated heterocycles. The van der Waals surface area contributed by atoms with Crippen LogP contribution in [0.3, 0.4) is 0 Å². The molecule has 10 heteroatoms. The molecule has 0 bridgehead atoms. The van der Waals surface area contributed by atoms with Crippen LogP contribution in [0.5, 0.6) is 5.75 Å². The third kappa shape index (κ3) is 4.04. The third-order valence-corrected chi connectivity index (χ3v) is 7.29. The number of benzene rings is 1. The highest BCUT2D eigenvalue weighted by Crippen LogP contribution is 2.31. The molecule has 0 aliphatic carbocycles. The number of furan rings is 1. The first-order valence-corrected chi connectivity index (χ1v) is 11.3. The fourth-order valence-corrected chi connectivity index (χ4v) is 5.53. The van der Waals surface area contributed by atoms with Gasteiger partial charge in [0.2, 0.25) is 10.0 Å². The number of sulfonamides is 1. The molecular weight excluding hydrogens is 414 g/mol. The lowest BCUT2D eigenvalue weighted by atomic mass is 10.2. The number of thiazole rings is 1. The van der Waals surface area contributed by atoms with Crippen LogP contribution in [0.2, 0.25) is 0 Å². The molecule has 1 aromatic carbocycles. The van der Waals surface area contributed by atoms with Gasteiger partial charge in [0.1, 0.15) is 5.75 Å². The number of carbonyl (C=O) groups excluding carboxylic acids is 1. The molecule has 29 heavy (non-hydrogen) atoms. The molecule has 2 aromatic heterocycles. The van der Waals surface area contributed by atoms with Gasteiger partial charge in [0.15, 0.2) is 10.9 Å². The average molecular weight is 434 g/mol. The molecule has 3 heterocycles. The number of hydrogen-bond acceptors (Lipinski definition) is 7. The minimum atomic E-state index is -3.63. The molecule has 1 aliphatic heterocycles. The third-order valence-electron chi connectivity index (χ3n) is 4.43. The van der Waals surface area contributed by atoms with Crippen molar-refractivity contribution in [2.24, 2.45) is 0 Å². The van der Waals surface area contributed by atoms with E-state index in [2.05, 4.69) is 10.3 Å². The van der Waals surface area contributed by atoms with E-state index >= 15 is 0 Å². The molecule has 0 spiro atoms. The van der Waals surface area contributed by atoms with Crippen molar-refractivity contribution in [2.75, 3.05) is 18.5 Å². The number of aromatic nitrogens is 1. The van der Waals surface area contributed by atoms with E-state index in [9.17, 15) is 13.2 Å². The summed E-state index contributed by atoms with van der Waals surface area (Å²) in [4.78, 5) is 17.6. The summed E-state index contributed by atoms with van der Waals surface area (Å²) in [5.74, 6) is 0.435. The van der Waals surface area contributed by atoms with Crippen molar-refractivity contribution < 1.29 is 22.4 Å². The number of carbonyl (C=O) groups is 1. The Balaban J connectivity index is 1.49. The first kappa shape index (κ1) is 19.6. The van der Waals surface area contributed by atoms with Crippen molar-refractivity contribution in [2.45, 2.75) is 24.8 Å². The van der Waals surface area contributed by atoms with Crippen LogP contribution in [-0.4, -0.2) is 36.8 Å². The van der Waals surface area contributed by atoms with E-state index in [-0.39, 0.29) is 23.1 Å². The van der Waals surface area contributed by atoms with Crippen molar-refractivity contribution in [3.63, 3.8) is 0 Å². The van der Waals surface area contributed by atoms with Crippen molar-refractivity contribution in [1.82, 2.24) is 9.29 Å². The summed E-state index contributed by atoms with van der Waals surface area (Å²) in [7, 11) is -3.63. The molecule has 1 aliphatic rings. The normalized spacial score (nSPS) is 14.4. The number of amides is 1. The fraction of sp³-hybridized carbons (Fsp3) is 0.263. The Labute approximate surface area is 172 Å². The minimum Gasteiger partial charge on any atom is -0.494 e. The van der Waals surface area contributed by atoms with Crippen LogP contribution in [0.4, 0.5) is 5.13 Å². The maximum Gasteiger partial charge on any atom is 0.293 e. The van der Waals surface area contributed by atoms with Gasteiger partial charge < -0.3 is 9.15 Å². The molecule has 0 atom stereocenters. The van der Waals surface area contributed by atoms with E-state index in [1.165, 1.54) is 21.9 Å². The van der Waals surface area contributed by atoms with Crippen molar-refractivity contribution in [3.05, 3.63) is 59.0 Å². The fourth-order valence-electron chi connectivity index (χ4n) is 3.02. The first-order chi connectivity index (χ1) is 14.0. The summed E-state index contributed by atoms with van der Waals surface area (Å²) in [6.45, 7) is 2.94. The molecule has 0 unspecified atom stereocenters. The van der Waals surface area contributed by atoms with Gasteiger partial charge in [-0.25, -0.2) is 13.4 Å². The second-order valence-corrected chi connectivity index (χ2v) is 9.33. The largest absolute Gasteiger partial charge is 0.494 e. The Hall–Kier alpha value is -2.69. The molecule has 0 fully saturated rings. The SMILES string of the molecule is CCOc1ccc(S(=O)(=O)N2CCc3nc(NC(=O)c4ccco4)sc3C2)cc1. The van der Waals surface area contributed by atoms with Crippen LogP contribution in [0, 0.1) is 0 Å². The van der Waals surface area contributed by atoms with Gasteiger partial charge >= 0.3 is 0 Å². The van der Waals surface area contributed by atoms with Crippen LogP contribution >= 0.6 is 11.3 Å². The summed E-state index contributed by atoms with van der Waals surface area (Å²) in [6.07, 6.45) is 1.91. The number of nitrogens with zero attached hydrogens (tertiary/aromatic N) is 2. The molecule has 152 valence electrons. The van der Waals surface area contributed by atoms with Gasteiger partial charge in [-0.3, -0.25) is 10.1 Å². The smallest absolute Gasteiger partial charge is 0.293 e. The van der Waals surface area contributed by atoms with E-state index < -0.39 is 10.0 Å². The quantitative estimate of drug-likeness (QED) is 0.641. The van der Waals surface area contributed by atoms with E-state index in [0.717, 1.165) is 10.6 Å². The number of nitrogens with one attached hydrogen (secondary N) is 1. The Morgan fingerprint density at radius 3 is 2.79 bits per heavy atom. The Kier molecular flexibility index (Phi) is 5.39. The average Bonchev–Trinajstić information content (AvgIpc) is 3.37. The van der Waals surface area contributed by atoms with Crippen LogP contribution in [-0.2, 0) is 23.0 Å². The molecule has 1 N–H and O–H groups in total. The van der Waals surface area contributed by atoms with E-state index in [1.54, 1.807) is 36.4 Å². The van der Waals surface area contributed by atoms with Gasteiger partial charge in [0.05, 0.1) is 30.0 Å². The van der Waals surface area contributed by atoms with E-state index in [0.29, 0.717) is 30.5 Å². The van der Waals surface area contributed by atoms with Gasteiger partial charge in [-0.1, -0.05) is 0 Å². The predicted molar refractivity (Wildman–Crippen MR) is 108 cm³/mol. The maximum absolute atomic E-state index is 13.0. The van der Waals surface area contributed by atoms with Crippen LogP contribution < -0.4 is 10.1 Å². The summed E-state index contributed by atoms with van der Waals surface area (Å²) in [6, 6.07) is 9.61. The maximum atomic E-state index is 13.0. The zero-order valence-corrected chi connectivity index (χ0v) is 17.3. The zero-order valence-electron chi connectivity index (χ0n) is 15.6. The molecule has 0 saturated carbocycles. The van der Waals surface area contributed by atoms with Gasteiger partial charge in [0, 0.05) is 17.8 Å². The standard InChI is InChI=1S/C19H19N3O5S2/c1-2-26-13-5-7-14(8-6-13)29(24,25)22-10-9-15-17(12-22)28-19(20-15)21-18(23)16-4-3-11-27-16/h3-8,11H,2,9-10,12H2,1H3,(H,20,21,23). The summed E-state index contributed by atoms with van der Waals surface area (Å²) < 4.78 is 37.9. The Bertz CT molecular complexity index is 1110. The van der Waals surface area contributed by atoms with E-state index in [4.69, 9.17) is 9.15 Å². The number of anilines is 1. The van der Waals surface area contributed by atoms with Gasteiger partial charge in [-0.15, -0.1) is 11.3 Å².